The molecule has 1 atom stereocenters. The number of methoxy groups -OCH3 is 1. The number of hydrogen-bond donors (Lipinski definition) is 0. The van der Waals surface area contributed by atoms with Gasteiger partial charge in [-0.1, -0.05) is 0 Å². The summed E-state index contributed by atoms with van der Waals surface area (Å²) in [5.41, 5.74) is 1.24. The van der Waals surface area contributed by atoms with Crippen LogP contribution in [-0.4, -0.2) is 42.6 Å². The molecular weight excluding hydrogens is 212 g/mol. The summed E-state index contributed by atoms with van der Waals surface area (Å²) in [6.45, 7) is 2.29. The molecule has 0 saturated carbocycles. The van der Waals surface area contributed by atoms with Crippen molar-refractivity contribution >= 4 is 11.6 Å². The summed E-state index contributed by atoms with van der Waals surface area (Å²) in [5.74, 6) is 0. The summed E-state index contributed by atoms with van der Waals surface area (Å²) >= 11 is 6.06. The molecule has 0 radical (unpaired) electrons. The Labute approximate surface area is 96.0 Å². The molecule has 15 heavy (non-hydrogen) atoms. The molecule has 3 nitrogen and oxygen atoms in total. The Morgan fingerprint density at radius 2 is 2.13 bits per heavy atom. The van der Waals surface area contributed by atoms with E-state index in [1.54, 1.807) is 19.5 Å². The standard InChI is InChI=1S/C11H17ClN2O/c1-14(8-11(12)9-15-2)7-10-3-5-13-6-4-10/h3-6,11H,7-9H2,1-2H3. The van der Waals surface area contributed by atoms with Gasteiger partial charge in [-0.2, -0.15) is 0 Å². The van der Waals surface area contributed by atoms with Crippen molar-refractivity contribution in [3.05, 3.63) is 30.1 Å². The zero-order valence-corrected chi connectivity index (χ0v) is 9.94. The minimum atomic E-state index is 0.0434. The largest absolute Gasteiger partial charge is 0.383 e. The minimum absolute atomic E-state index is 0.0434. The van der Waals surface area contributed by atoms with Gasteiger partial charge in [0, 0.05) is 32.6 Å². The Kier molecular flexibility index (Phi) is 5.61. The van der Waals surface area contributed by atoms with Gasteiger partial charge in [-0.15, -0.1) is 11.6 Å². The van der Waals surface area contributed by atoms with Crippen molar-refractivity contribution < 1.29 is 4.74 Å². The molecule has 4 heteroatoms. The summed E-state index contributed by atoms with van der Waals surface area (Å²) in [7, 11) is 3.71. The summed E-state index contributed by atoms with van der Waals surface area (Å²) < 4.78 is 4.99. The first-order valence-corrected chi connectivity index (χ1v) is 5.36. The Morgan fingerprint density at radius 1 is 1.47 bits per heavy atom. The predicted molar refractivity (Wildman–Crippen MR) is 62.1 cm³/mol. The predicted octanol–water partition coefficient (Wildman–Crippen LogP) is 1.77. The molecule has 1 unspecified atom stereocenters. The fourth-order valence-corrected chi connectivity index (χ4v) is 1.80. The van der Waals surface area contributed by atoms with Crippen LogP contribution in [0.1, 0.15) is 5.56 Å². The van der Waals surface area contributed by atoms with E-state index in [4.69, 9.17) is 16.3 Å². The van der Waals surface area contributed by atoms with Gasteiger partial charge >= 0.3 is 0 Å². The number of alkyl halides is 1. The average Bonchev–Trinajstić information content (AvgIpc) is 2.19. The van der Waals surface area contributed by atoms with Gasteiger partial charge in [0.15, 0.2) is 0 Å². The van der Waals surface area contributed by atoms with E-state index in [2.05, 4.69) is 9.88 Å². The molecule has 0 aliphatic carbocycles. The molecule has 0 fully saturated rings. The Hall–Kier alpha value is -0.640. The monoisotopic (exact) mass is 228 g/mol. The molecule has 0 amide bonds. The van der Waals surface area contributed by atoms with Gasteiger partial charge in [-0.25, -0.2) is 0 Å². The van der Waals surface area contributed by atoms with E-state index in [1.807, 2.05) is 19.2 Å². The second-order valence-electron chi connectivity index (χ2n) is 3.60. The third-order valence-electron chi connectivity index (χ3n) is 2.06. The van der Waals surface area contributed by atoms with Gasteiger partial charge in [-0.3, -0.25) is 4.98 Å². The summed E-state index contributed by atoms with van der Waals surface area (Å²) in [4.78, 5) is 6.15. The minimum Gasteiger partial charge on any atom is -0.383 e. The smallest absolute Gasteiger partial charge is 0.0696 e. The fourth-order valence-electron chi connectivity index (χ4n) is 1.44. The molecule has 0 aromatic carbocycles. The van der Waals surface area contributed by atoms with Crippen LogP contribution in [0, 0.1) is 0 Å². The van der Waals surface area contributed by atoms with Crippen LogP contribution >= 0.6 is 11.6 Å². The second kappa shape index (κ2) is 6.77. The highest BCUT2D eigenvalue weighted by Crippen LogP contribution is 2.04. The third-order valence-corrected chi connectivity index (χ3v) is 2.32. The highest BCUT2D eigenvalue weighted by atomic mass is 35.5. The van der Waals surface area contributed by atoms with Gasteiger partial charge in [0.1, 0.15) is 0 Å². The zero-order chi connectivity index (χ0) is 11.1. The summed E-state index contributed by atoms with van der Waals surface area (Å²) in [6.07, 6.45) is 3.60. The van der Waals surface area contributed by atoms with Crippen molar-refractivity contribution in [2.24, 2.45) is 0 Å². The molecule has 0 aliphatic heterocycles. The first-order chi connectivity index (χ1) is 7.22. The van der Waals surface area contributed by atoms with E-state index in [1.165, 1.54) is 5.56 Å². The maximum Gasteiger partial charge on any atom is 0.0696 e. The molecule has 1 heterocycles. The molecule has 1 rings (SSSR count). The van der Waals surface area contributed by atoms with Crippen molar-refractivity contribution in [3.63, 3.8) is 0 Å². The first-order valence-electron chi connectivity index (χ1n) is 4.93. The normalized spacial score (nSPS) is 13.1. The van der Waals surface area contributed by atoms with E-state index in [9.17, 15) is 0 Å². The average molecular weight is 229 g/mol. The Balaban J connectivity index is 2.33. The molecule has 1 aromatic heterocycles. The van der Waals surface area contributed by atoms with Crippen LogP contribution in [0.25, 0.3) is 0 Å². The maximum atomic E-state index is 6.06. The number of pyridine rings is 1. The van der Waals surface area contributed by atoms with Crippen LogP contribution in [0.5, 0.6) is 0 Å². The maximum absolute atomic E-state index is 6.06. The number of nitrogens with zero attached hydrogens (tertiary/aromatic N) is 2. The molecule has 1 aromatic rings. The first kappa shape index (κ1) is 12.4. The van der Waals surface area contributed by atoms with Gasteiger partial charge < -0.3 is 9.64 Å². The number of hydrogen-bond acceptors (Lipinski definition) is 3. The van der Waals surface area contributed by atoms with Gasteiger partial charge in [-0.05, 0) is 24.7 Å². The second-order valence-corrected chi connectivity index (χ2v) is 4.22. The highest BCUT2D eigenvalue weighted by molar-refractivity contribution is 6.20. The van der Waals surface area contributed by atoms with Crippen molar-refractivity contribution in [2.75, 3.05) is 27.3 Å². The number of ether oxygens (including phenoxy) is 1. The van der Waals surface area contributed by atoms with Crippen molar-refractivity contribution in [3.8, 4) is 0 Å². The van der Waals surface area contributed by atoms with E-state index in [0.29, 0.717) is 6.61 Å². The van der Waals surface area contributed by atoms with Crippen LogP contribution in [0.15, 0.2) is 24.5 Å². The molecule has 84 valence electrons. The summed E-state index contributed by atoms with van der Waals surface area (Å²) in [6, 6.07) is 4.02. The van der Waals surface area contributed by atoms with Crippen molar-refractivity contribution in [2.45, 2.75) is 11.9 Å². The van der Waals surface area contributed by atoms with E-state index >= 15 is 0 Å². The van der Waals surface area contributed by atoms with E-state index < -0.39 is 0 Å². The Morgan fingerprint density at radius 3 is 2.73 bits per heavy atom. The topological polar surface area (TPSA) is 25.4 Å². The van der Waals surface area contributed by atoms with E-state index in [0.717, 1.165) is 13.1 Å². The molecular formula is C11H17ClN2O. The highest BCUT2D eigenvalue weighted by Gasteiger charge is 2.08. The van der Waals surface area contributed by atoms with Crippen LogP contribution in [0.2, 0.25) is 0 Å². The lowest BCUT2D eigenvalue weighted by Gasteiger charge is -2.19. The van der Waals surface area contributed by atoms with Crippen LogP contribution in [0.3, 0.4) is 0 Å². The molecule has 0 N–H and O–H groups in total. The van der Waals surface area contributed by atoms with Crippen LogP contribution < -0.4 is 0 Å². The van der Waals surface area contributed by atoms with Crippen molar-refractivity contribution in [1.29, 1.82) is 0 Å². The quantitative estimate of drug-likeness (QED) is 0.694. The SMILES string of the molecule is COCC(Cl)CN(C)Cc1ccncc1. The third kappa shape index (κ3) is 5.11. The fraction of sp³-hybridized carbons (Fsp3) is 0.545. The zero-order valence-electron chi connectivity index (χ0n) is 9.19. The van der Waals surface area contributed by atoms with Gasteiger partial charge in [0.05, 0.1) is 12.0 Å². The Bertz CT molecular complexity index is 269. The van der Waals surface area contributed by atoms with Crippen LogP contribution in [0.4, 0.5) is 0 Å². The van der Waals surface area contributed by atoms with Gasteiger partial charge in [0.25, 0.3) is 0 Å². The lowest BCUT2D eigenvalue weighted by molar-refractivity contribution is 0.181. The lowest BCUT2D eigenvalue weighted by atomic mass is 10.2. The molecule has 0 bridgehead atoms. The van der Waals surface area contributed by atoms with Crippen LogP contribution in [-0.2, 0) is 11.3 Å². The number of halogens is 1. The molecule has 0 aliphatic rings. The number of rotatable bonds is 6. The van der Waals surface area contributed by atoms with Crippen molar-refractivity contribution in [1.82, 2.24) is 9.88 Å². The number of aromatic nitrogens is 1. The molecule has 0 spiro atoms. The summed E-state index contributed by atoms with van der Waals surface area (Å²) in [5, 5.41) is 0.0434. The lowest BCUT2D eigenvalue weighted by Crippen LogP contribution is -2.28. The molecule has 0 saturated heterocycles. The van der Waals surface area contributed by atoms with E-state index in [-0.39, 0.29) is 5.38 Å². The van der Waals surface area contributed by atoms with Gasteiger partial charge in [0.2, 0.25) is 0 Å².